The van der Waals surface area contributed by atoms with E-state index in [4.69, 9.17) is 9.47 Å². The van der Waals surface area contributed by atoms with Crippen molar-refractivity contribution in [3.63, 3.8) is 0 Å². The average Bonchev–Trinajstić information content (AvgIpc) is 3.07. The second kappa shape index (κ2) is 8.30. The minimum absolute atomic E-state index is 0.145. The third-order valence-corrected chi connectivity index (χ3v) is 4.81. The second-order valence-electron chi connectivity index (χ2n) is 5.82. The Morgan fingerprint density at radius 1 is 1.41 bits per heavy atom. The van der Waals surface area contributed by atoms with Crippen LogP contribution in [0.15, 0.2) is 53.3 Å². The molecule has 1 atom stereocenters. The van der Waals surface area contributed by atoms with Crippen molar-refractivity contribution in [3.05, 3.63) is 53.8 Å². The number of fused-ring (bicyclic) bond motifs is 1. The molecular formula is C19H22N4O3S. The Morgan fingerprint density at radius 3 is 2.78 bits per heavy atom. The lowest BCUT2D eigenvalue weighted by Gasteiger charge is -2.28. The van der Waals surface area contributed by atoms with Crippen LogP contribution in [-0.4, -0.2) is 40.2 Å². The number of rotatable bonds is 7. The summed E-state index contributed by atoms with van der Waals surface area (Å²) in [6.45, 7) is 7.63. The molecule has 2 heterocycles. The summed E-state index contributed by atoms with van der Waals surface area (Å²) in [4.78, 5) is 17.3. The van der Waals surface area contributed by atoms with Crippen molar-refractivity contribution >= 4 is 23.7 Å². The third kappa shape index (κ3) is 3.85. The number of nitrogens with zero attached hydrogens (tertiary/aromatic N) is 3. The standard InChI is InChI=1S/C19H22N4O3S/c1-5-11-26-17(24)15-12(3)20-18-21-19(27-6-2)22-23(18)16(15)13-7-9-14(25-4)10-8-13/h5,7-10,16H,1,6,11H2,2-4H3,(H,20,21,22). The van der Waals surface area contributed by atoms with Gasteiger partial charge in [-0.1, -0.05) is 43.5 Å². The number of nitrogens with one attached hydrogen (secondary N) is 1. The number of benzene rings is 1. The second-order valence-corrected chi connectivity index (χ2v) is 7.05. The minimum atomic E-state index is -0.442. The molecule has 1 N–H and O–H groups in total. The monoisotopic (exact) mass is 386 g/mol. The Kier molecular flexibility index (Phi) is 5.85. The van der Waals surface area contributed by atoms with E-state index >= 15 is 0 Å². The van der Waals surface area contributed by atoms with Crippen LogP contribution >= 0.6 is 11.8 Å². The molecule has 0 saturated heterocycles. The molecule has 0 fully saturated rings. The third-order valence-electron chi connectivity index (χ3n) is 4.09. The fraction of sp³-hybridized carbons (Fsp3) is 0.316. The van der Waals surface area contributed by atoms with Crippen LogP contribution in [0.2, 0.25) is 0 Å². The Hall–Kier alpha value is -2.74. The molecule has 1 aromatic heterocycles. The first kappa shape index (κ1) is 19.0. The van der Waals surface area contributed by atoms with Gasteiger partial charge in [-0.2, -0.15) is 4.98 Å². The van der Waals surface area contributed by atoms with Gasteiger partial charge in [-0.15, -0.1) is 5.10 Å². The zero-order chi connectivity index (χ0) is 19.4. The molecule has 0 aliphatic carbocycles. The highest BCUT2D eigenvalue weighted by molar-refractivity contribution is 7.99. The summed E-state index contributed by atoms with van der Waals surface area (Å²) in [5.74, 6) is 1.79. The molecule has 0 saturated carbocycles. The maximum absolute atomic E-state index is 12.8. The highest BCUT2D eigenvalue weighted by Crippen LogP contribution is 2.37. The molecule has 3 rings (SSSR count). The van der Waals surface area contributed by atoms with Gasteiger partial charge in [0.2, 0.25) is 11.1 Å². The van der Waals surface area contributed by atoms with Gasteiger partial charge in [0.15, 0.2) is 0 Å². The molecule has 27 heavy (non-hydrogen) atoms. The molecule has 8 heteroatoms. The van der Waals surface area contributed by atoms with Gasteiger partial charge in [-0.25, -0.2) is 9.48 Å². The highest BCUT2D eigenvalue weighted by atomic mass is 32.2. The molecule has 7 nitrogen and oxygen atoms in total. The first-order valence-electron chi connectivity index (χ1n) is 8.58. The minimum Gasteiger partial charge on any atom is -0.497 e. The zero-order valence-corrected chi connectivity index (χ0v) is 16.4. The van der Waals surface area contributed by atoms with Crippen molar-refractivity contribution in [1.29, 1.82) is 0 Å². The topological polar surface area (TPSA) is 78.3 Å². The van der Waals surface area contributed by atoms with Crippen LogP contribution in [0.1, 0.15) is 25.5 Å². The van der Waals surface area contributed by atoms with Crippen molar-refractivity contribution in [2.24, 2.45) is 0 Å². The van der Waals surface area contributed by atoms with Gasteiger partial charge in [-0.05, 0) is 30.4 Å². The molecule has 0 spiro atoms. The summed E-state index contributed by atoms with van der Waals surface area (Å²) in [6, 6.07) is 7.11. The molecule has 0 amide bonds. The molecule has 2 aromatic rings. The van der Waals surface area contributed by atoms with Crippen molar-refractivity contribution in [2.45, 2.75) is 25.0 Å². The van der Waals surface area contributed by atoms with Crippen LogP contribution in [0.25, 0.3) is 0 Å². The van der Waals surface area contributed by atoms with E-state index in [1.54, 1.807) is 29.6 Å². The predicted molar refractivity (Wildman–Crippen MR) is 105 cm³/mol. The van der Waals surface area contributed by atoms with Crippen molar-refractivity contribution in [3.8, 4) is 5.75 Å². The SMILES string of the molecule is C=CCOC(=O)C1=C(C)Nc2nc(SCC)nn2C1c1ccc(OC)cc1. The van der Waals surface area contributed by atoms with E-state index in [2.05, 4.69) is 22.0 Å². The Bertz CT molecular complexity index is 874. The van der Waals surface area contributed by atoms with Gasteiger partial charge in [0.1, 0.15) is 18.4 Å². The largest absolute Gasteiger partial charge is 0.497 e. The van der Waals surface area contributed by atoms with Gasteiger partial charge in [0.05, 0.1) is 12.7 Å². The van der Waals surface area contributed by atoms with Crippen molar-refractivity contribution in [2.75, 3.05) is 24.8 Å². The Balaban J connectivity index is 2.08. The lowest BCUT2D eigenvalue weighted by molar-refractivity contribution is -0.138. The molecular weight excluding hydrogens is 364 g/mol. The molecule has 1 unspecified atom stereocenters. The zero-order valence-electron chi connectivity index (χ0n) is 15.6. The van der Waals surface area contributed by atoms with Gasteiger partial charge in [0.25, 0.3) is 0 Å². The molecule has 1 aliphatic heterocycles. The number of hydrogen-bond acceptors (Lipinski definition) is 7. The molecule has 1 aromatic carbocycles. The lowest BCUT2D eigenvalue weighted by atomic mass is 9.96. The maximum Gasteiger partial charge on any atom is 0.338 e. The van der Waals surface area contributed by atoms with E-state index in [1.807, 2.05) is 38.1 Å². The van der Waals surface area contributed by atoms with Gasteiger partial charge >= 0.3 is 5.97 Å². The van der Waals surface area contributed by atoms with Crippen LogP contribution < -0.4 is 10.1 Å². The number of carbonyl (C=O) groups is 1. The van der Waals surface area contributed by atoms with E-state index < -0.39 is 12.0 Å². The Labute approximate surface area is 162 Å². The predicted octanol–water partition coefficient (Wildman–Crippen LogP) is 3.42. The fourth-order valence-corrected chi connectivity index (χ4v) is 3.45. The van der Waals surface area contributed by atoms with E-state index in [0.29, 0.717) is 22.4 Å². The van der Waals surface area contributed by atoms with E-state index in [1.165, 1.54) is 0 Å². The molecule has 1 aliphatic rings. The van der Waals surface area contributed by atoms with Gasteiger partial charge in [0, 0.05) is 5.70 Å². The van der Waals surface area contributed by atoms with E-state index in [-0.39, 0.29) is 6.61 Å². The van der Waals surface area contributed by atoms with Crippen LogP contribution in [0, 0.1) is 0 Å². The lowest BCUT2D eigenvalue weighted by Crippen LogP contribution is -2.29. The van der Waals surface area contributed by atoms with Crippen LogP contribution in [-0.2, 0) is 9.53 Å². The maximum atomic E-state index is 12.8. The number of aromatic nitrogens is 3. The Morgan fingerprint density at radius 2 is 2.15 bits per heavy atom. The highest BCUT2D eigenvalue weighted by Gasteiger charge is 2.35. The van der Waals surface area contributed by atoms with E-state index in [0.717, 1.165) is 17.1 Å². The first-order chi connectivity index (χ1) is 13.1. The smallest absolute Gasteiger partial charge is 0.338 e. The molecule has 0 radical (unpaired) electrons. The van der Waals surface area contributed by atoms with Gasteiger partial charge in [-0.3, -0.25) is 0 Å². The number of hydrogen-bond donors (Lipinski definition) is 1. The van der Waals surface area contributed by atoms with Crippen molar-refractivity contribution < 1.29 is 14.3 Å². The number of ether oxygens (including phenoxy) is 2. The van der Waals surface area contributed by atoms with Crippen LogP contribution in [0.4, 0.5) is 5.95 Å². The number of thioether (sulfide) groups is 1. The summed E-state index contributed by atoms with van der Waals surface area (Å²) >= 11 is 1.55. The quantitative estimate of drug-likeness (QED) is 0.444. The van der Waals surface area contributed by atoms with Crippen LogP contribution in [0.5, 0.6) is 5.75 Å². The van der Waals surface area contributed by atoms with Crippen LogP contribution in [0.3, 0.4) is 0 Å². The summed E-state index contributed by atoms with van der Waals surface area (Å²) in [5.41, 5.74) is 2.08. The number of methoxy groups -OCH3 is 1. The summed E-state index contributed by atoms with van der Waals surface area (Å²) in [6.07, 6.45) is 1.54. The van der Waals surface area contributed by atoms with E-state index in [9.17, 15) is 4.79 Å². The number of anilines is 1. The summed E-state index contributed by atoms with van der Waals surface area (Å²) < 4.78 is 12.3. The number of carbonyl (C=O) groups excluding carboxylic acids is 1. The number of esters is 1. The summed E-state index contributed by atoms with van der Waals surface area (Å²) in [5, 5.41) is 8.43. The van der Waals surface area contributed by atoms with Gasteiger partial charge < -0.3 is 14.8 Å². The summed E-state index contributed by atoms with van der Waals surface area (Å²) in [7, 11) is 1.62. The first-order valence-corrected chi connectivity index (χ1v) is 9.56. The van der Waals surface area contributed by atoms with Crippen molar-refractivity contribution in [1.82, 2.24) is 14.8 Å². The number of allylic oxidation sites excluding steroid dienone is 1. The molecule has 142 valence electrons. The average molecular weight is 386 g/mol. The molecule has 0 bridgehead atoms. The fourth-order valence-electron chi connectivity index (χ4n) is 2.89. The normalized spacial score (nSPS) is 15.7.